The number of rotatable bonds is 6. The summed E-state index contributed by atoms with van der Waals surface area (Å²) in [7, 11) is 2.11. The molecule has 0 aromatic heterocycles. The Morgan fingerprint density at radius 2 is 1.95 bits per heavy atom. The van der Waals surface area contributed by atoms with Crippen LogP contribution < -0.4 is 10.5 Å². The number of benzene rings is 1. The van der Waals surface area contributed by atoms with Gasteiger partial charge in [-0.1, -0.05) is 45.1 Å². The summed E-state index contributed by atoms with van der Waals surface area (Å²) in [6, 6.07) is 7.62. The van der Waals surface area contributed by atoms with Gasteiger partial charge in [-0.3, -0.25) is 0 Å². The third-order valence-electron chi connectivity index (χ3n) is 2.63. The molecule has 106 valence electrons. The molecule has 2 N–H and O–H groups in total. The van der Waals surface area contributed by atoms with Gasteiger partial charge in [0.1, 0.15) is 17.3 Å². The van der Waals surface area contributed by atoms with Crippen LogP contribution in [0.3, 0.4) is 0 Å². The van der Waals surface area contributed by atoms with Crippen LogP contribution >= 0.6 is 12.2 Å². The minimum absolute atomic E-state index is 0.297. The Kier molecular flexibility index (Phi) is 5.76. The van der Waals surface area contributed by atoms with Gasteiger partial charge in [0.15, 0.2) is 0 Å². The zero-order chi connectivity index (χ0) is 14.5. The van der Waals surface area contributed by atoms with Crippen molar-refractivity contribution in [3.05, 3.63) is 29.8 Å². The average Bonchev–Trinajstić information content (AvgIpc) is 2.27. The van der Waals surface area contributed by atoms with E-state index in [-0.39, 0.29) is 0 Å². The maximum absolute atomic E-state index is 5.77. The van der Waals surface area contributed by atoms with E-state index < -0.39 is 0 Å². The van der Waals surface area contributed by atoms with Gasteiger partial charge in [-0.25, -0.2) is 0 Å². The largest absolute Gasteiger partial charge is 0.492 e. The highest BCUT2D eigenvalue weighted by molar-refractivity contribution is 7.80. The van der Waals surface area contributed by atoms with Crippen LogP contribution in [0.4, 0.5) is 0 Å². The van der Waals surface area contributed by atoms with Crippen molar-refractivity contribution in [2.45, 2.75) is 20.8 Å². The van der Waals surface area contributed by atoms with E-state index in [0.717, 1.165) is 24.4 Å². The number of ether oxygens (including phenoxy) is 1. The molecular weight excluding hydrogens is 256 g/mol. The maximum atomic E-state index is 5.77. The van der Waals surface area contributed by atoms with Gasteiger partial charge in [0.05, 0.1) is 5.56 Å². The first-order valence-corrected chi connectivity index (χ1v) is 6.90. The van der Waals surface area contributed by atoms with Gasteiger partial charge in [0, 0.05) is 13.1 Å². The molecule has 0 saturated heterocycles. The fourth-order valence-electron chi connectivity index (χ4n) is 2.00. The second-order valence-corrected chi connectivity index (χ2v) is 6.45. The molecule has 0 atom stereocenters. The summed E-state index contributed by atoms with van der Waals surface area (Å²) in [5.41, 5.74) is 6.77. The second-order valence-electron chi connectivity index (χ2n) is 6.01. The summed E-state index contributed by atoms with van der Waals surface area (Å²) >= 11 is 5.01. The van der Waals surface area contributed by atoms with Gasteiger partial charge in [0.25, 0.3) is 0 Å². The zero-order valence-electron chi connectivity index (χ0n) is 12.3. The normalized spacial score (nSPS) is 11.6. The van der Waals surface area contributed by atoms with Crippen LogP contribution in [0.1, 0.15) is 26.3 Å². The Morgan fingerprint density at radius 1 is 1.32 bits per heavy atom. The zero-order valence-corrected chi connectivity index (χ0v) is 13.1. The van der Waals surface area contributed by atoms with Gasteiger partial charge in [-0.2, -0.15) is 0 Å². The summed E-state index contributed by atoms with van der Waals surface area (Å²) in [6.45, 7) is 9.23. The maximum Gasteiger partial charge on any atom is 0.129 e. The molecule has 1 rings (SSSR count). The SMILES string of the molecule is CN(CCOc1ccccc1C(N)=S)CC(C)(C)C. The molecule has 0 aliphatic carbocycles. The molecule has 0 fully saturated rings. The van der Waals surface area contributed by atoms with E-state index in [1.54, 1.807) is 0 Å². The van der Waals surface area contributed by atoms with Crippen LogP contribution in [0.2, 0.25) is 0 Å². The van der Waals surface area contributed by atoms with Crippen molar-refractivity contribution in [3.63, 3.8) is 0 Å². The van der Waals surface area contributed by atoms with E-state index in [1.165, 1.54) is 0 Å². The van der Waals surface area contributed by atoms with E-state index in [1.807, 2.05) is 24.3 Å². The minimum Gasteiger partial charge on any atom is -0.492 e. The highest BCUT2D eigenvalue weighted by atomic mass is 32.1. The molecule has 4 heteroatoms. The molecule has 0 aliphatic heterocycles. The van der Waals surface area contributed by atoms with Crippen LogP contribution in [0.5, 0.6) is 5.75 Å². The Morgan fingerprint density at radius 3 is 2.53 bits per heavy atom. The van der Waals surface area contributed by atoms with Crippen LogP contribution in [0.25, 0.3) is 0 Å². The Balaban J connectivity index is 2.48. The number of hydrogen-bond donors (Lipinski definition) is 1. The lowest BCUT2D eigenvalue weighted by molar-refractivity contribution is 0.188. The molecule has 0 amide bonds. The summed E-state index contributed by atoms with van der Waals surface area (Å²) in [5.74, 6) is 0.763. The lowest BCUT2D eigenvalue weighted by Gasteiger charge is -2.26. The fraction of sp³-hybridized carbons (Fsp3) is 0.533. The number of thiocarbonyl (C=S) groups is 1. The van der Waals surface area contributed by atoms with Gasteiger partial charge in [-0.15, -0.1) is 0 Å². The van der Waals surface area contributed by atoms with Crippen LogP contribution in [0, 0.1) is 5.41 Å². The molecule has 1 aromatic rings. The van der Waals surface area contributed by atoms with E-state index >= 15 is 0 Å². The second kappa shape index (κ2) is 6.87. The third-order valence-corrected chi connectivity index (χ3v) is 2.85. The molecular formula is C15H24N2OS. The summed E-state index contributed by atoms with van der Waals surface area (Å²) in [6.07, 6.45) is 0. The monoisotopic (exact) mass is 280 g/mol. The van der Waals surface area contributed by atoms with Gasteiger partial charge in [-0.05, 0) is 24.6 Å². The predicted molar refractivity (Wildman–Crippen MR) is 84.8 cm³/mol. The summed E-state index contributed by atoms with van der Waals surface area (Å²) < 4.78 is 5.77. The standard InChI is InChI=1S/C15H24N2OS/c1-15(2,3)11-17(4)9-10-18-13-8-6-5-7-12(13)14(16)19/h5-8H,9-11H2,1-4H3,(H2,16,19). The van der Waals surface area contributed by atoms with Crippen molar-refractivity contribution < 1.29 is 4.74 Å². The molecule has 0 heterocycles. The first-order valence-electron chi connectivity index (χ1n) is 6.50. The molecule has 0 spiro atoms. The van der Waals surface area contributed by atoms with Crippen molar-refractivity contribution in [2.75, 3.05) is 26.7 Å². The molecule has 0 radical (unpaired) electrons. The highest BCUT2D eigenvalue weighted by Crippen LogP contribution is 2.18. The Labute approximate surface area is 121 Å². The lowest BCUT2D eigenvalue weighted by Crippen LogP contribution is -2.32. The van der Waals surface area contributed by atoms with Gasteiger partial charge >= 0.3 is 0 Å². The number of nitrogens with two attached hydrogens (primary N) is 1. The number of para-hydroxylation sites is 1. The average molecular weight is 280 g/mol. The molecule has 0 aliphatic rings. The van der Waals surface area contributed by atoms with E-state index in [0.29, 0.717) is 17.0 Å². The summed E-state index contributed by atoms with van der Waals surface area (Å²) in [4.78, 5) is 2.64. The predicted octanol–water partition coefficient (Wildman–Crippen LogP) is 2.68. The van der Waals surface area contributed by atoms with Gasteiger partial charge < -0.3 is 15.4 Å². The number of likely N-dealkylation sites (N-methyl/N-ethyl adjacent to an activating group) is 1. The van der Waals surface area contributed by atoms with Crippen molar-refractivity contribution in [2.24, 2.45) is 11.1 Å². The number of hydrogen-bond acceptors (Lipinski definition) is 3. The summed E-state index contributed by atoms with van der Waals surface area (Å²) in [5, 5.41) is 0. The topological polar surface area (TPSA) is 38.5 Å². The van der Waals surface area contributed by atoms with E-state index in [2.05, 4.69) is 32.7 Å². The van der Waals surface area contributed by atoms with E-state index in [9.17, 15) is 0 Å². The fourth-order valence-corrected chi connectivity index (χ4v) is 2.16. The van der Waals surface area contributed by atoms with Crippen molar-refractivity contribution in [1.29, 1.82) is 0 Å². The van der Waals surface area contributed by atoms with Crippen LogP contribution in [0.15, 0.2) is 24.3 Å². The van der Waals surface area contributed by atoms with Crippen molar-refractivity contribution in [3.8, 4) is 5.75 Å². The van der Waals surface area contributed by atoms with E-state index in [4.69, 9.17) is 22.7 Å². The van der Waals surface area contributed by atoms with Crippen LogP contribution in [-0.4, -0.2) is 36.6 Å². The first-order chi connectivity index (χ1) is 8.79. The molecule has 19 heavy (non-hydrogen) atoms. The lowest BCUT2D eigenvalue weighted by atomic mass is 9.96. The van der Waals surface area contributed by atoms with Gasteiger partial charge in [0.2, 0.25) is 0 Å². The smallest absolute Gasteiger partial charge is 0.129 e. The first kappa shape index (κ1) is 15.9. The van der Waals surface area contributed by atoms with Crippen molar-refractivity contribution in [1.82, 2.24) is 4.90 Å². The number of nitrogens with zero attached hydrogens (tertiary/aromatic N) is 1. The molecule has 0 saturated carbocycles. The minimum atomic E-state index is 0.297. The van der Waals surface area contributed by atoms with Crippen molar-refractivity contribution >= 4 is 17.2 Å². The molecule has 1 aromatic carbocycles. The molecule has 0 unspecified atom stereocenters. The Bertz CT molecular complexity index is 426. The molecule has 0 bridgehead atoms. The quantitative estimate of drug-likeness (QED) is 0.813. The Hall–Kier alpha value is -1.13. The third kappa shape index (κ3) is 6.03. The molecule has 3 nitrogen and oxygen atoms in total. The highest BCUT2D eigenvalue weighted by Gasteiger charge is 2.13. The van der Waals surface area contributed by atoms with Crippen LogP contribution in [-0.2, 0) is 0 Å².